The van der Waals surface area contributed by atoms with E-state index in [1.54, 1.807) is 29.1 Å². The molecule has 1 aliphatic rings. The SMILES string of the molecule is Cc1ccccc1CN1CCC(NC(=O)c2ccc(-n3ccnc3)c([N+](=O)[O-])c2)CC1. The summed E-state index contributed by atoms with van der Waals surface area (Å²) in [6.45, 7) is 4.84. The molecule has 31 heavy (non-hydrogen) atoms. The van der Waals surface area contributed by atoms with Crippen molar-refractivity contribution in [2.45, 2.75) is 32.4 Å². The van der Waals surface area contributed by atoms with Crippen LogP contribution >= 0.6 is 0 Å². The van der Waals surface area contributed by atoms with E-state index in [0.717, 1.165) is 32.5 Å². The maximum absolute atomic E-state index is 12.7. The van der Waals surface area contributed by atoms with Crippen molar-refractivity contribution >= 4 is 11.6 Å². The van der Waals surface area contributed by atoms with E-state index < -0.39 is 4.92 Å². The molecule has 4 rings (SSSR count). The number of hydrogen-bond acceptors (Lipinski definition) is 5. The molecule has 0 spiro atoms. The van der Waals surface area contributed by atoms with E-state index in [0.29, 0.717) is 5.69 Å². The van der Waals surface area contributed by atoms with Crippen LogP contribution in [0.4, 0.5) is 5.69 Å². The summed E-state index contributed by atoms with van der Waals surface area (Å²) in [5.74, 6) is -0.280. The number of benzene rings is 2. The fourth-order valence-corrected chi connectivity index (χ4v) is 3.96. The molecule has 0 unspecified atom stereocenters. The van der Waals surface area contributed by atoms with Gasteiger partial charge in [0.1, 0.15) is 5.69 Å². The molecule has 1 fully saturated rings. The fourth-order valence-electron chi connectivity index (χ4n) is 3.96. The predicted octanol–water partition coefficient (Wildman–Crippen LogP) is 3.48. The number of aromatic nitrogens is 2. The number of amides is 1. The summed E-state index contributed by atoms with van der Waals surface area (Å²) in [5.41, 5.74) is 3.16. The van der Waals surface area contributed by atoms with Gasteiger partial charge in [-0.1, -0.05) is 24.3 Å². The van der Waals surface area contributed by atoms with E-state index >= 15 is 0 Å². The number of aryl methyl sites for hydroxylation is 1. The Morgan fingerprint density at radius 2 is 2.00 bits per heavy atom. The number of carbonyl (C=O) groups excluding carboxylic acids is 1. The van der Waals surface area contributed by atoms with Crippen molar-refractivity contribution in [3.05, 3.63) is 88.0 Å². The van der Waals surface area contributed by atoms with Gasteiger partial charge in [0.25, 0.3) is 11.6 Å². The number of carbonyl (C=O) groups is 1. The molecule has 1 aromatic heterocycles. The van der Waals surface area contributed by atoms with Gasteiger partial charge in [-0.15, -0.1) is 0 Å². The van der Waals surface area contributed by atoms with Crippen LogP contribution in [0.5, 0.6) is 0 Å². The topological polar surface area (TPSA) is 93.3 Å². The molecule has 8 heteroatoms. The second-order valence-electron chi connectivity index (χ2n) is 7.88. The molecule has 3 aromatic rings. The van der Waals surface area contributed by atoms with Gasteiger partial charge < -0.3 is 9.88 Å². The molecule has 1 aliphatic heterocycles. The monoisotopic (exact) mass is 419 g/mol. The van der Waals surface area contributed by atoms with Crippen LogP contribution in [0.3, 0.4) is 0 Å². The highest BCUT2D eigenvalue weighted by atomic mass is 16.6. The number of imidazole rings is 1. The molecule has 0 atom stereocenters. The van der Waals surface area contributed by atoms with Crippen LogP contribution in [-0.2, 0) is 6.54 Å². The first-order chi connectivity index (χ1) is 15.0. The lowest BCUT2D eigenvalue weighted by atomic mass is 10.0. The molecule has 160 valence electrons. The first-order valence-electron chi connectivity index (χ1n) is 10.4. The van der Waals surface area contributed by atoms with Crippen molar-refractivity contribution in [2.24, 2.45) is 0 Å². The smallest absolute Gasteiger partial charge is 0.294 e. The van der Waals surface area contributed by atoms with Gasteiger partial charge in [0, 0.05) is 49.7 Å². The average Bonchev–Trinajstić information content (AvgIpc) is 3.31. The highest BCUT2D eigenvalue weighted by Crippen LogP contribution is 2.24. The third kappa shape index (κ3) is 4.80. The van der Waals surface area contributed by atoms with Gasteiger partial charge in [-0.25, -0.2) is 4.98 Å². The van der Waals surface area contributed by atoms with Crippen LogP contribution in [-0.4, -0.2) is 44.4 Å². The van der Waals surface area contributed by atoms with Crippen LogP contribution in [0, 0.1) is 17.0 Å². The van der Waals surface area contributed by atoms with E-state index in [4.69, 9.17) is 0 Å². The molecule has 2 aromatic carbocycles. The Morgan fingerprint density at radius 1 is 1.23 bits per heavy atom. The van der Waals surface area contributed by atoms with Crippen molar-refractivity contribution in [3.8, 4) is 5.69 Å². The Labute approximate surface area is 180 Å². The second-order valence-corrected chi connectivity index (χ2v) is 7.88. The zero-order chi connectivity index (χ0) is 21.8. The number of nitro benzene ring substituents is 1. The highest BCUT2D eigenvalue weighted by molar-refractivity contribution is 5.95. The van der Waals surface area contributed by atoms with E-state index in [-0.39, 0.29) is 23.2 Å². The lowest BCUT2D eigenvalue weighted by molar-refractivity contribution is -0.384. The molecule has 0 aliphatic carbocycles. The maximum atomic E-state index is 12.7. The van der Waals surface area contributed by atoms with Crippen molar-refractivity contribution in [1.82, 2.24) is 19.8 Å². The maximum Gasteiger partial charge on any atom is 0.294 e. The van der Waals surface area contributed by atoms with Crippen LogP contribution in [0.15, 0.2) is 61.2 Å². The van der Waals surface area contributed by atoms with Gasteiger partial charge in [-0.2, -0.15) is 0 Å². The summed E-state index contributed by atoms with van der Waals surface area (Å²) >= 11 is 0. The van der Waals surface area contributed by atoms with Gasteiger partial charge in [0.15, 0.2) is 0 Å². The van der Waals surface area contributed by atoms with Gasteiger partial charge in [0.2, 0.25) is 0 Å². The van der Waals surface area contributed by atoms with Crippen molar-refractivity contribution < 1.29 is 9.72 Å². The number of nitrogens with zero attached hydrogens (tertiary/aromatic N) is 4. The summed E-state index contributed by atoms with van der Waals surface area (Å²) in [6, 6.07) is 13.0. The molecule has 1 saturated heterocycles. The molecule has 0 saturated carbocycles. The summed E-state index contributed by atoms with van der Waals surface area (Å²) < 4.78 is 1.56. The van der Waals surface area contributed by atoms with Crippen LogP contribution in [0.25, 0.3) is 5.69 Å². The van der Waals surface area contributed by atoms with Gasteiger partial charge >= 0.3 is 0 Å². The quantitative estimate of drug-likeness (QED) is 0.488. The van der Waals surface area contributed by atoms with Gasteiger partial charge in [-0.05, 0) is 43.0 Å². The van der Waals surface area contributed by atoms with E-state index in [1.807, 2.05) is 6.07 Å². The molecule has 1 amide bonds. The molecule has 0 radical (unpaired) electrons. The zero-order valence-electron chi connectivity index (χ0n) is 17.4. The summed E-state index contributed by atoms with van der Waals surface area (Å²) in [5, 5.41) is 14.6. The second kappa shape index (κ2) is 9.09. The number of likely N-dealkylation sites (tertiary alicyclic amines) is 1. The number of rotatable bonds is 6. The Hall–Kier alpha value is -3.52. The Kier molecular flexibility index (Phi) is 6.08. The van der Waals surface area contributed by atoms with E-state index in [9.17, 15) is 14.9 Å². The molecule has 8 nitrogen and oxygen atoms in total. The minimum absolute atomic E-state index is 0.0630. The van der Waals surface area contributed by atoms with E-state index in [2.05, 4.69) is 40.3 Å². The Bertz CT molecular complexity index is 1070. The van der Waals surface area contributed by atoms with Gasteiger partial charge in [0.05, 0.1) is 11.3 Å². The Morgan fingerprint density at radius 3 is 2.68 bits per heavy atom. The van der Waals surface area contributed by atoms with Crippen molar-refractivity contribution in [1.29, 1.82) is 0 Å². The first-order valence-corrected chi connectivity index (χ1v) is 10.4. The summed E-state index contributed by atoms with van der Waals surface area (Å²) in [6.07, 6.45) is 6.38. The first kappa shape index (κ1) is 20.7. The molecule has 2 heterocycles. The Balaban J connectivity index is 1.37. The normalized spacial score (nSPS) is 15.0. The number of nitro groups is 1. The summed E-state index contributed by atoms with van der Waals surface area (Å²) in [7, 11) is 0. The number of nitrogens with one attached hydrogen (secondary N) is 1. The number of hydrogen-bond donors (Lipinski definition) is 1. The zero-order valence-corrected chi connectivity index (χ0v) is 17.4. The summed E-state index contributed by atoms with van der Waals surface area (Å²) in [4.78, 5) is 30.1. The minimum atomic E-state index is -0.476. The molecule has 0 bridgehead atoms. The standard InChI is InChI=1S/C23H25N5O3/c1-17-4-2-3-5-19(17)15-26-11-8-20(9-12-26)25-23(29)18-6-7-21(22(14-18)28(30)31)27-13-10-24-16-27/h2-7,10,13-14,16,20H,8-9,11-12,15H2,1H3,(H,25,29). The van der Waals surface area contributed by atoms with Crippen LogP contribution in [0.1, 0.15) is 34.3 Å². The average molecular weight is 419 g/mol. The third-order valence-electron chi connectivity index (χ3n) is 5.79. The lowest BCUT2D eigenvalue weighted by Gasteiger charge is -2.32. The van der Waals surface area contributed by atoms with Crippen molar-refractivity contribution in [2.75, 3.05) is 13.1 Å². The molecular weight excluding hydrogens is 394 g/mol. The highest BCUT2D eigenvalue weighted by Gasteiger charge is 2.23. The van der Waals surface area contributed by atoms with Crippen molar-refractivity contribution in [3.63, 3.8) is 0 Å². The predicted molar refractivity (Wildman–Crippen MR) is 117 cm³/mol. The van der Waals surface area contributed by atoms with Crippen LogP contribution < -0.4 is 5.32 Å². The van der Waals surface area contributed by atoms with E-state index in [1.165, 1.54) is 23.5 Å². The molecular formula is C23H25N5O3. The lowest BCUT2D eigenvalue weighted by Crippen LogP contribution is -2.44. The largest absolute Gasteiger partial charge is 0.349 e. The van der Waals surface area contributed by atoms with Crippen LogP contribution in [0.2, 0.25) is 0 Å². The fraction of sp³-hybridized carbons (Fsp3) is 0.304. The minimum Gasteiger partial charge on any atom is -0.349 e. The molecule has 1 N–H and O–H groups in total. The third-order valence-corrected chi connectivity index (χ3v) is 5.79. The van der Waals surface area contributed by atoms with Gasteiger partial charge in [-0.3, -0.25) is 19.8 Å². The number of piperidine rings is 1.